The molecule has 3 nitrogen and oxygen atoms in total. The molecule has 0 saturated carbocycles. The van der Waals surface area contributed by atoms with E-state index in [4.69, 9.17) is 0 Å². The Hall–Kier alpha value is -0.650. The second kappa shape index (κ2) is 5.77. The lowest BCUT2D eigenvalue weighted by atomic mass is 9.91. The molecule has 0 atom stereocenters. The van der Waals surface area contributed by atoms with Crippen LogP contribution in [0.2, 0.25) is 0 Å². The molecule has 0 radical (unpaired) electrons. The third kappa shape index (κ3) is 3.27. The number of nitrogens with one attached hydrogen (secondary N) is 1. The summed E-state index contributed by atoms with van der Waals surface area (Å²) < 4.78 is 3.04. The average molecular weight is 342 g/mol. The van der Waals surface area contributed by atoms with Crippen molar-refractivity contribution in [3.05, 3.63) is 38.3 Å². The van der Waals surface area contributed by atoms with Gasteiger partial charge in [-0.25, -0.2) is 0 Å². The number of aryl methyl sites for hydroxylation is 2. The second-order valence-corrected chi connectivity index (χ2v) is 7.18. The molecular formula is C14H20BrN3S. The van der Waals surface area contributed by atoms with Gasteiger partial charge in [0.05, 0.1) is 15.9 Å². The molecule has 0 aliphatic heterocycles. The molecule has 1 N–H and O–H groups in total. The fraction of sp³-hybridized carbons (Fsp3) is 0.500. The van der Waals surface area contributed by atoms with Gasteiger partial charge in [-0.05, 0) is 34.3 Å². The molecule has 104 valence electrons. The zero-order chi connectivity index (χ0) is 14.0. The molecule has 0 unspecified atom stereocenters. The highest BCUT2D eigenvalue weighted by Crippen LogP contribution is 2.27. The topological polar surface area (TPSA) is 29.9 Å². The third-order valence-electron chi connectivity index (χ3n) is 3.31. The van der Waals surface area contributed by atoms with Crippen molar-refractivity contribution in [2.24, 2.45) is 7.05 Å². The van der Waals surface area contributed by atoms with Gasteiger partial charge in [0.15, 0.2) is 0 Å². The van der Waals surface area contributed by atoms with Crippen LogP contribution in [0.4, 0.5) is 0 Å². The van der Waals surface area contributed by atoms with Gasteiger partial charge in [-0.1, -0.05) is 19.9 Å². The number of hydrogen-bond acceptors (Lipinski definition) is 3. The smallest absolute Gasteiger partial charge is 0.0739 e. The molecule has 0 aromatic carbocycles. The summed E-state index contributed by atoms with van der Waals surface area (Å²) in [5.41, 5.74) is 2.39. The standard InChI is InChI=1S/C14H20BrN3S/c1-10-13(15)11(18(4)17-10)8-16-9-14(2,3)12-6-5-7-19-12/h5-7,16H,8-9H2,1-4H3. The fourth-order valence-corrected chi connectivity index (χ4v) is 3.44. The average Bonchev–Trinajstić information content (AvgIpc) is 2.94. The first kappa shape index (κ1) is 14.8. The molecule has 0 amide bonds. The Morgan fingerprint density at radius 1 is 1.47 bits per heavy atom. The van der Waals surface area contributed by atoms with Crippen LogP contribution in [0.5, 0.6) is 0 Å². The van der Waals surface area contributed by atoms with E-state index in [9.17, 15) is 0 Å². The lowest BCUT2D eigenvalue weighted by Gasteiger charge is -2.23. The molecule has 0 fully saturated rings. The molecule has 0 saturated heterocycles. The normalized spacial score (nSPS) is 12.1. The number of nitrogens with zero attached hydrogens (tertiary/aromatic N) is 2. The van der Waals surface area contributed by atoms with Crippen LogP contribution in [0, 0.1) is 6.92 Å². The van der Waals surface area contributed by atoms with E-state index in [1.165, 1.54) is 10.6 Å². The predicted octanol–water partition coefficient (Wildman–Crippen LogP) is 3.62. The maximum absolute atomic E-state index is 4.41. The van der Waals surface area contributed by atoms with Gasteiger partial charge in [-0.3, -0.25) is 4.68 Å². The summed E-state index contributed by atoms with van der Waals surface area (Å²) in [5.74, 6) is 0. The van der Waals surface area contributed by atoms with Gasteiger partial charge >= 0.3 is 0 Å². The van der Waals surface area contributed by atoms with Crippen LogP contribution in [-0.2, 0) is 19.0 Å². The van der Waals surface area contributed by atoms with Crippen LogP contribution in [0.3, 0.4) is 0 Å². The van der Waals surface area contributed by atoms with Crippen LogP contribution < -0.4 is 5.32 Å². The quantitative estimate of drug-likeness (QED) is 0.899. The monoisotopic (exact) mass is 341 g/mol. The number of halogens is 1. The molecule has 0 bridgehead atoms. The van der Waals surface area contributed by atoms with Crippen molar-refractivity contribution in [2.45, 2.75) is 32.7 Å². The zero-order valence-electron chi connectivity index (χ0n) is 11.8. The molecular weight excluding hydrogens is 322 g/mol. The van der Waals surface area contributed by atoms with Gasteiger partial charge in [-0.15, -0.1) is 11.3 Å². The van der Waals surface area contributed by atoms with Crippen molar-refractivity contribution >= 4 is 27.3 Å². The SMILES string of the molecule is Cc1nn(C)c(CNCC(C)(C)c2cccs2)c1Br. The minimum absolute atomic E-state index is 0.161. The van der Waals surface area contributed by atoms with Gasteiger partial charge in [0.2, 0.25) is 0 Å². The van der Waals surface area contributed by atoms with Crippen LogP contribution in [0.1, 0.15) is 30.1 Å². The molecule has 2 aromatic rings. The zero-order valence-corrected chi connectivity index (χ0v) is 14.2. The summed E-state index contributed by atoms with van der Waals surface area (Å²) >= 11 is 5.42. The lowest BCUT2D eigenvalue weighted by molar-refractivity contribution is 0.469. The van der Waals surface area contributed by atoms with Crippen LogP contribution in [0.15, 0.2) is 22.0 Å². The van der Waals surface area contributed by atoms with Gasteiger partial charge < -0.3 is 5.32 Å². The highest BCUT2D eigenvalue weighted by molar-refractivity contribution is 9.10. The minimum Gasteiger partial charge on any atom is -0.310 e. The fourth-order valence-electron chi connectivity index (χ4n) is 2.12. The van der Waals surface area contributed by atoms with Crippen LogP contribution in [-0.4, -0.2) is 16.3 Å². The van der Waals surface area contributed by atoms with E-state index in [2.05, 4.69) is 57.7 Å². The Morgan fingerprint density at radius 3 is 2.74 bits per heavy atom. The summed E-state index contributed by atoms with van der Waals surface area (Å²) in [6, 6.07) is 4.32. The van der Waals surface area contributed by atoms with Crippen molar-refractivity contribution in [3.8, 4) is 0 Å². The molecule has 2 heterocycles. The first-order valence-electron chi connectivity index (χ1n) is 6.34. The highest BCUT2D eigenvalue weighted by atomic mass is 79.9. The Kier molecular flexibility index (Phi) is 4.48. The van der Waals surface area contributed by atoms with Crippen LogP contribution in [0.25, 0.3) is 0 Å². The number of rotatable bonds is 5. The van der Waals surface area contributed by atoms with E-state index < -0.39 is 0 Å². The van der Waals surface area contributed by atoms with Gasteiger partial charge in [-0.2, -0.15) is 5.10 Å². The molecule has 19 heavy (non-hydrogen) atoms. The first-order valence-corrected chi connectivity index (χ1v) is 8.02. The van der Waals surface area contributed by atoms with Crippen molar-refractivity contribution in [2.75, 3.05) is 6.54 Å². The largest absolute Gasteiger partial charge is 0.310 e. The van der Waals surface area contributed by atoms with E-state index in [0.29, 0.717) is 0 Å². The van der Waals surface area contributed by atoms with Crippen LogP contribution >= 0.6 is 27.3 Å². The summed E-state index contributed by atoms with van der Waals surface area (Å²) in [7, 11) is 1.99. The Morgan fingerprint density at radius 2 is 2.21 bits per heavy atom. The molecule has 2 aromatic heterocycles. The molecule has 0 aliphatic carbocycles. The number of hydrogen-bond donors (Lipinski definition) is 1. The van der Waals surface area contributed by atoms with Crippen molar-refractivity contribution < 1.29 is 0 Å². The van der Waals surface area contributed by atoms with E-state index in [1.54, 1.807) is 0 Å². The van der Waals surface area contributed by atoms with E-state index >= 15 is 0 Å². The molecule has 2 rings (SSSR count). The molecule has 0 aliphatic rings. The highest BCUT2D eigenvalue weighted by Gasteiger charge is 2.21. The first-order chi connectivity index (χ1) is 8.92. The summed E-state index contributed by atoms with van der Waals surface area (Å²) in [4.78, 5) is 1.42. The van der Waals surface area contributed by atoms with E-state index in [0.717, 1.165) is 23.3 Å². The maximum Gasteiger partial charge on any atom is 0.0739 e. The van der Waals surface area contributed by atoms with Gasteiger partial charge in [0, 0.05) is 30.4 Å². The lowest BCUT2D eigenvalue weighted by Crippen LogP contribution is -2.32. The number of thiophene rings is 1. The van der Waals surface area contributed by atoms with Gasteiger partial charge in [0.25, 0.3) is 0 Å². The Balaban J connectivity index is 1.97. The summed E-state index contributed by atoms with van der Waals surface area (Å²) in [6.07, 6.45) is 0. The summed E-state index contributed by atoms with van der Waals surface area (Å²) in [6.45, 7) is 8.34. The van der Waals surface area contributed by atoms with Crippen molar-refractivity contribution in [3.63, 3.8) is 0 Å². The Bertz CT molecular complexity index is 543. The summed E-state index contributed by atoms with van der Waals surface area (Å²) in [5, 5.41) is 10.1. The van der Waals surface area contributed by atoms with Gasteiger partial charge in [0.1, 0.15) is 0 Å². The molecule has 0 spiro atoms. The third-order valence-corrected chi connectivity index (χ3v) is 5.58. The second-order valence-electron chi connectivity index (χ2n) is 5.43. The maximum atomic E-state index is 4.41. The van der Waals surface area contributed by atoms with E-state index in [-0.39, 0.29) is 5.41 Å². The Labute approximate surface area is 127 Å². The number of aromatic nitrogens is 2. The molecule has 5 heteroatoms. The predicted molar refractivity (Wildman–Crippen MR) is 84.7 cm³/mol. The van der Waals surface area contributed by atoms with Crippen molar-refractivity contribution in [1.82, 2.24) is 15.1 Å². The van der Waals surface area contributed by atoms with E-state index in [1.807, 2.05) is 30.0 Å². The minimum atomic E-state index is 0.161. The van der Waals surface area contributed by atoms with Crippen molar-refractivity contribution in [1.29, 1.82) is 0 Å².